The first kappa shape index (κ1) is 24.6. The van der Waals surface area contributed by atoms with Crippen LogP contribution in [0.25, 0.3) is 22.7 Å². The summed E-state index contributed by atoms with van der Waals surface area (Å²) in [6.07, 6.45) is 13.7. The Hall–Kier alpha value is -3.83. The topological polar surface area (TPSA) is 31.7 Å². The fourth-order valence-electron chi connectivity index (χ4n) is 10.7. The first-order chi connectivity index (χ1) is 21.1. The molecular weight excluding hydrogens is 528 g/mol. The van der Waals surface area contributed by atoms with E-state index in [9.17, 15) is 4.79 Å². The largest absolute Gasteiger partial charge is 0.339 e. The van der Waals surface area contributed by atoms with E-state index in [-0.39, 0.29) is 17.4 Å². The van der Waals surface area contributed by atoms with Crippen molar-refractivity contribution < 1.29 is 4.79 Å². The predicted octanol–water partition coefficient (Wildman–Crippen LogP) is 6.37. The maximum Gasteiger partial charge on any atom is 0.223 e. The smallest absolute Gasteiger partial charge is 0.223 e. The van der Waals surface area contributed by atoms with Gasteiger partial charge in [-0.1, -0.05) is 54.1 Å². The number of carbonyl (C=O) groups excluding carboxylic acids is 1. The van der Waals surface area contributed by atoms with Crippen LogP contribution in [0.2, 0.25) is 0 Å². The van der Waals surface area contributed by atoms with E-state index in [0.717, 1.165) is 32.6 Å². The molecule has 1 spiro atoms. The molecule has 1 aromatic heterocycles. The quantitative estimate of drug-likeness (QED) is 0.297. The van der Waals surface area contributed by atoms with Crippen molar-refractivity contribution in [2.75, 3.05) is 31.1 Å². The monoisotopic (exact) mass is 566 g/mol. The van der Waals surface area contributed by atoms with Crippen molar-refractivity contribution in [2.45, 2.75) is 57.0 Å². The normalized spacial score (nSPS) is 36.3. The standard InChI is InChI=1S/C38H38N4O/c1-3-23-19-39-16-14-38-31-10-6-8-12-33(31)42-21-29-28-18-35(43)40(20-24(28)4-2)15-13-26-25-9-5-7-11-32(25)41(36(26)29)22-30(37(38)42)27(23)17-34(38)39/h3-12,21-22,27-28,34,37H,13-20H2,1-2H3/b23-3-,24-4-,29-21-,30-22-/t27?,28-,34-,37-,38+/m0/s1. The number of nitrogens with zero attached hydrogens (tertiary/aromatic N) is 4. The molecule has 216 valence electrons. The molecule has 1 saturated carbocycles. The molecule has 8 aliphatic rings. The van der Waals surface area contributed by atoms with Crippen molar-refractivity contribution >= 4 is 34.3 Å². The summed E-state index contributed by atoms with van der Waals surface area (Å²) < 4.78 is 2.58. The minimum atomic E-state index is 0.0830. The molecule has 1 amide bonds. The third kappa shape index (κ3) is 2.90. The lowest BCUT2D eigenvalue weighted by Crippen LogP contribution is -2.60. The second-order valence-electron chi connectivity index (χ2n) is 13.9. The van der Waals surface area contributed by atoms with Crippen LogP contribution in [0.1, 0.15) is 49.9 Å². The molecule has 4 bridgehead atoms. The van der Waals surface area contributed by atoms with Crippen molar-refractivity contribution in [2.24, 2.45) is 11.8 Å². The average molecular weight is 567 g/mol. The summed E-state index contributed by atoms with van der Waals surface area (Å²) in [5.74, 6) is 0.837. The molecule has 2 aromatic carbocycles. The van der Waals surface area contributed by atoms with Gasteiger partial charge in [-0.2, -0.15) is 0 Å². The molecule has 0 N–H and O–H groups in total. The average Bonchev–Trinajstić information content (AvgIpc) is 3.67. The molecule has 3 saturated heterocycles. The Morgan fingerprint density at radius 3 is 2.60 bits per heavy atom. The highest BCUT2D eigenvalue weighted by atomic mass is 16.2. The number of piperidine rings is 2. The molecule has 3 aromatic rings. The van der Waals surface area contributed by atoms with Crippen molar-refractivity contribution in [3.63, 3.8) is 0 Å². The molecule has 5 atom stereocenters. The summed E-state index contributed by atoms with van der Waals surface area (Å²) in [5.41, 5.74) is 12.9. The highest BCUT2D eigenvalue weighted by Gasteiger charge is 2.66. The zero-order chi connectivity index (χ0) is 28.6. The minimum Gasteiger partial charge on any atom is -0.339 e. The maximum absolute atomic E-state index is 13.6. The zero-order valence-corrected chi connectivity index (χ0v) is 25.1. The van der Waals surface area contributed by atoms with E-state index in [4.69, 9.17) is 0 Å². The third-order valence-corrected chi connectivity index (χ3v) is 12.5. The number of para-hydroxylation sites is 2. The Kier molecular flexibility index (Phi) is 4.81. The lowest BCUT2D eigenvalue weighted by Gasteiger charge is -2.54. The molecule has 11 rings (SSSR count). The molecule has 1 aliphatic carbocycles. The number of carbonyl (C=O) groups is 1. The lowest BCUT2D eigenvalue weighted by molar-refractivity contribution is -0.132. The summed E-state index contributed by atoms with van der Waals surface area (Å²) in [6, 6.07) is 19.2. The van der Waals surface area contributed by atoms with Crippen molar-refractivity contribution in [1.82, 2.24) is 14.4 Å². The molecule has 4 fully saturated rings. The number of hydrogen-bond acceptors (Lipinski definition) is 3. The van der Waals surface area contributed by atoms with E-state index in [0.29, 0.717) is 24.3 Å². The first-order valence-corrected chi connectivity index (χ1v) is 16.4. The number of allylic oxidation sites excluding steroid dienone is 3. The summed E-state index contributed by atoms with van der Waals surface area (Å²) >= 11 is 0. The van der Waals surface area contributed by atoms with Gasteiger partial charge in [0.1, 0.15) is 0 Å². The second-order valence-corrected chi connectivity index (χ2v) is 13.9. The number of anilines is 1. The van der Waals surface area contributed by atoms with Crippen LogP contribution in [0.3, 0.4) is 0 Å². The third-order valence-electron chi connectivity index (χ3n) is 12.5. The number of hydrogen-bond donors (Lipinski definition) is 0. The van der Waals surface area contributed by atoms with Crippen LogP contribution in [-0.4, -0.2) is 58.5 Å². The highest BCUT2D eigenvalue weighted by molar-refractivity contribution is 5.96. The van der Waals surface area contributed by atoms with Gasteiger partial charge < -0.3 is 14.4 Å². The van der Waals surface area contributed by atoms with Crippen LogP contribution < -0.4 is 4.90 Å². The number of benzene rings is 2. The van der Waals surface area contributed by atoms with E-state index in [1.54, 1.807) is 11.1 Å². The van der Waals surface area contributed by atoms with Crippen molar-refractivity contribution in [1.29, 1.82) is 0 Å². The van der Waals surface area contributed by atoms with Gasteiger partial charge in [0, 0.05) is 78.4 Å². The van der Waals surface area contributed by atoms with E-state index in [2.05, 4.69) is 106 Å². The molecule has 7 aliphatic heterocycles. The highest BCUT2D eigenvalue weighted by Crippen LogP contribution is 2.64. The van der Waals surface area contributed by atoms with Gasteiger partial charge in [-0.3, -0.25) is 9.69 Å². The molecular formula is C38H38N4O. The summed E-state index contributed by atoms with van der Waals surface area (Å²) in [4.78, 5) is 21.2. The Bertz CT molecular complexity index is 1890. The SMILES string of the molecule is C/C=C1/CN2CC[C@@]34c5ccccc5N5/C=C6\c7c(c8ccccc8n7/C=C(/C1C[C@H]23)[C@H]54)CCN1C/C(=C/C)[C@@H]6CC1=O. The lowest BCUT2D eigenvalue weighted by atomic mass is 9.58. The zero-order valence-electron chi connectivity index (χ0n) is 25.1. The number of aromatic nitrogens is 1. The van der Waals surface area contributed by atoms with Crippen molar-refractivity contribution in [3.8, 4) is 0 Å². The van der Waals surface area contributed by atoms with E-state index < -0.39 is 0 Å². The number of fused-ring (bicyclic) bond motifs is 9. The Labute approximate surface area is 253 Å². The van der Waals surface area contributed by atoms with Gasteiger partial charge in [0.25, 0.3) is 0 Å². The van der Waals surface area contributed by atoms with Gasteiger partial charge in [-0.25, -0.2) is 0 Å². The fourth-order valence-corrected chi connectivity index (χ4v) is 10.7. The predicted molar refractivity (Wildman–Crippen MR) is 173 cm³/mol. The van der Waals surface area contributed by atoms with Crippen LogP contribution >= 0.6 is 0 Å². The van der Waals surface area contributed by atoms with Crippen LogP contribution in [0, 0.1) is 11.8 Å². The molecule has 0 radical (unpaired) electrons. The Balaban J connectivity index is 1.35. The molecule has 5 heteroatoms. The minimum absolute atomic E-state index is 0.0830. The van der Waals surface area contributed by atoms with Crippen LogP contribution in [0.5, 0.6) is 0 Å². The summed E-state index contributed by atoms with van der Waals surface area (Å²) in [6.45, 7) is 8.19. The van der Waals surface area contributed by atoms with E-state index in [1.807, 2.05) is 0 Å². The van der Waals surface area contributed by atoms with Gasteiger partial charge in [0.2, 0.25) is 5.91 Å². The van der Waals surface area contributed by atoms with Gasteiger partial charge in [0.15, 0.2) is 0 Å². The molecule has 1 unspecified atom stereocenters. The van der Waals surface area contributed by atoms with Gasteiger partial charge in [-0.05, 0) is 74.1 Å². The van der Waals surface area contributed by atoms with Gasteiger partial charge in [0.05, 0.1) is 17.3 Å². The molecule has 8 heterocycles. The summed E-state index contributed by atoms with van der Waals surface area (Å²) in [5, 5.41) is 1.34. The van der Waals surface area contributed by atoms with Crippen LogP contribution in [0.4, 0.5) is 5.69 Å². The number of amides is 1. The molecule has 5 nitrogen and oxygen atoms in total. The van der Waals surface area contributed by atoms with Crippen LogP contribution in [-0.2, 0) is 16.6 Å². The van der Waals surface area contributed by atoms with Gasteiger partial charge in [-0.15, -0.1) is 0 Å². The summed E-state index contributed by atoms with van der Waals surface area (Å²) in [7, 11) is 0. The Morgan fingerprint density at radius 1 is 0.907 bits per heavy atom. The maximum atomic E-state index is 13.6. The fraction of sp³-hybridized carbons (Fsp3) is 0.395. The Morgan fingerprint density at radius 2 is 1.72 bits per heavy atom. The second kappa shape index (κ2) is 8.41. The number of rotatable bonds is 0. The van der Waals surface area contributed by atoms with Crippen molar-refractivity contribution in [3.05, 3.63) is 100 Å². The molecule has 43 heavy (non-hydrogen) atoms. The van der Waals surface area contributed by atoms with E-state index in [1.165, 1.54) is 57.4 Å². The van der Waals surface area contributed by atoms with E-state index >= 15 is 0 Å². The van der Waals surface area contributed by atoms with Crippen LogP contribution in [0.15, 0.2) is 83.6 Å². The van der Waals surface area contributed by atoms with Gasteiger partial charge >= 0.3 is 0 Å². The first-order valence-electron chi connectivity index (χ1n) is 16.4.